The number of guanidine groups is 1. The minimum Gasteiger partial charge on any atom is -0.480 e. The maximum atomic E-state index is 12.8. The Labute approximate surface area is 229 Å². The van der Waals surface area contributed by atoms with E-state index in [-0.39, 0.29) is 24.7 Å². The molecule has 15 heteroatoms. The minimum absolute atomic E-state index is 0.0219. The van der Waals surface area contributed by atoms with Crippen LogP contribution in [0.25, 0.3) is 0 Å². The van der Waals surface area contributed by atoms with E-state index in [2.05, 4.69) is 26.3 Å². The third kappa shape index (κ3) is 15.5. The number of aliphatic carboxylic acids is 1. The number of nitrogens with two attached hydrogens (primary N) is 4. The van der Waals surface area contributed by atoms with Crippen LogP contribution in [0, 0.1) is 5.92 Å². The predicted octanol–water partition coefficient (Wildman–Crippen LogP) is -2.39. The van der Waals surface area contributed by atoms with Crippen molar-refractivity contribution in [2.75, 3.05) is 13.1 Å². The molecule has 39 heavy (non-hydrogen) atoms. The van der Waals surface area contributed by atoms with Crippen molar-refractivity contribution in [2.24, 2.45) is 33.8 Å². The predicted molar refractivity (Wildman–Crippen MR) is 147 cm³/mol. The summed E-state index contributed by atoms with van der Waals surface area (Å²) in [6.07, 6.45) is 2.34. The topological polar surface area (TPSA) is 270 Å². The van der Waals surface area contributed by atoms with Gasteiger partial charge in [0.15, 0.2) is 5.96 Å². The molecule has 0 saturated heterocycles. The molecule has 13 N–H and O–H groups in total. The number of carbonyl (C=O) groups excluding carboxylic acids is 4. The van der Waals surface area contributed by atoms with Crippen molar-refractivity contribution in [2.45, 2.75) is 96.4 Å². The molecule has 0 radical (unpaired) electrons. The van der Waals surface area contributed by atoms with E-state index < -0.39 is 59.8 Å². The van der Waals surface area contributed by atoms with Crippen LogP contribution in [0.3, 0.4) is 0 Å². The highest BCUT2D eigenvalue weighted by Gasteiger charge is 2.29. The van der Waals surface area contributed by atoms with Crippen molar-refractivity contribution < 1.29 is 29.1 Å². The molecule has 0 aromatic heterocycles. The van der Waals surface area contributed by atoms with Gasteiger partial charge in [-0.05, 0) is 64.8 Å². The van der Waals surface area contributed by atoms with E-state index in [1.807, 2.05) is 13.8 Å². The van der Waals surface area contributed by atoms with E-state index in [0.717, 1.165) is 0 Å². The van der Waals surface area contributed by atoms with Gasteiger partial charge in [-0.15, -0.1) is 0 Å². The molecule has 0 saturated carbocycles. The van der Waals surface area contributed by atoms with E-state index in [0.29, 0.717) is 38.8 Å². The number of hydrogen-bond acceptors (Lipinski definition) is 8. The molecule has 0 unspecified atom stereocenters. The fraction of sp³-hybridized carbons (Fsp3) is 0.750. The summed E-state index contributed by atoms with van der Waals surface area (Å²) in [4.78, 5) is 65.8. The number of unbranched alkanes of at least 4 members (excludes halogenated alkanes) is 1. The summed E-state index contributed by atoms with van der Waals surface area (Å²) >= 11 is 0. The number of rotatable bonds is 19. The van der Waals surface area contributed by atoms with E-state index in [1.54, 1.807) is 0 Å². The molecule has 0 fully saturated rings. The van der Waals surface area contributed by atoms with Crippen molar-refractivity contribution in [3.63, 3.8) is 0 Å². The Bertz CT molecular complexity index is 848. The molecule has 0 rings (SSSR count). The zero-order valence-corrected chi connectivity index (χ0v) is 23.4. The van der Waals surface area contributed by atoms with E-state index >= 15 is 0 Å². The van der Waals surface area contributed by atoms with Crippen LogP contribution in [0.1, 0.15) is 66.2 Å². The Morgan fingerprint density at radius 1 is 0.744 bits per heavy atom. The lowest BCUT2D eigenvalue weighted by Gasteiger charge is -2.24. The number of hydrogen-bond donors (Lipinski definition) is 9. The molecule has 0 spiro atoms. The van der Waals surface area contributed by atoms with Crippen LogP contribution >= 0.6 is 0 Å². The normalized spacial score (nSPS) is 14.7. The van der Waals surface area contributed by atoms with E-state index in [1.165, 1.54) is 13.8 Å². The molecule has 0 aliphatic rings. The van der Waals surface area contributed by atoms with Crippen LogP contribution in [-0.2, 0) is 24.0 Å². The fourth-order valence-electron chi connectivity index (χ4n) is 3.46. The summed E-state index contributed by atoms with van der Waals surface area (Å²) in [5.41, 5.74) is 21.9. The Balaban J connectivity index is 5.04. The number of nitrogens with zero attached hydrogens (tertiary/aromatic N) is 1. The summed E-state index contributed by atoms with van der Waals surface area (Å²) in [6, 6.07) is -5.06. The lowest BCUT2D eigenvalue weighted by atomic mass is 10.0. The SMILES string of the molecule is CC(C)C[C@H](NC(=O)[C@H](CCCCN)NC(=O)[C@H](C)NC(=O)[C@H](C)NC(=O)[C@@H](N)CCCN=C(N)N)C(=O)O. The first-order chi connectivity index (χ1) is 18.2. The maximum absolute atomic E-state index is 12.8. The Morgan fingerprint density at radius 2 is 1.28 bits per heavy atom. The van der Waals surface area contributed by atoms with Crippen molar-refractivity contribution in [3.8, 4) is 0 Å². The van der Waals surface area contributed by atoms with Crippen LogP contribution < -0.4 is 44.2 Å². The second-order valence-electron chi connectivity index (χ2n) is 9.89. The molecule has 0 bridgehead atoms. The highest BCUT2D eigenvalue weighted by Crippen LogP contribution is 2.08. The van der Waals surface area contributed by atoms with Crippen LogP contribution in [0.4, 0.5) is 0 Å². The smallest absolute Gasteiger partial charge is 0.326 e. The van der Waals surface area contributed by atoms with Crippen LogP contribution in [-0.4, -0.2) is 84.0 Å². The molecule has 5 atom stereocenters. The average molecular weight is 558 g/mol. The van der Waals surface area contributed by atoms with Gasteiger partial charge < -0.3 is 49.3 Å². The van der Waals surface area contributed by atoms with Crippen molar-refractivity contribution in [3.05, 3.63) is 0 Å². The van der Waals surface area contributed by atoms with Crippen LogP contribution in [0.5, 0.6) is 0 Å². The van der Waals surface area contributed by atoms with Gasteiger partial charge in [-0.1, -0.05) is 13.8 Å². The van der Waals surface area contributed by atoms with Gasteiger partial charge in [0.2, 0.25) is 23.6 Å². The van der Waals surface area contributed by atoms with Gasteiger partial charge in [-0.25, -0.2) is 4.79 Å². The molecule has 224 valence electrons. The number of amides is 4. The number of carbonyl (C=O) groups is 5. The highest BCUT2D eigenvalue weighted by atomic mass is 16.4. The fourth-order valence-corrected chi connectivity index (χ4v) is 3.46. The third-order valence-corrected chi connectivity index (χ3v) is 5.71. The first kappa shape index (κ1) is 35.5. The Hall–Kier alpha value is -3.46. The molecule has 0 heterocycles. The number of carboxylic acids is 1. The summed E-state index contributed by atoms with van der Waals surface area (Å²) < 4.78 is 0. The standard InChI is InChI=1S/C24H47N9O6/c1-13(2)12-18(23(38)39)33-22(37)17(9-5-6-10-25)32-20(35)15(4)30-19(34)14(3)31-21(36)16(26)8-7-11-29-24(27)28/h13-18H,5-12,25-26H2,1-4H3,(H,30,34)(H,31,36)(H,32,35)(H,33,37)(H,38,39)(H4,27,28,29)/t14-,15-,16-,17-,18-/m0/s1. The highest BCUT2D eigenvalue weighted by molar-refractivity contribution is 5.95. The van der Waals surface area contributed by atoms with Gasteiger partial charge in [0.25, 0.3) is 0 Å². The second-order valence-corrected chi connectivity index (χ2v) is 9.89. The Kier molecular flexibility index (Phi) is 17.1. The first-order valence-electron chi connectivity index (χ1n) is 13.1. The zero-order chi connectivity index (χ0) is 30.1. The summed E-state index contributed by atoms with van der Waals surface area (Å²) in [5, 5.41) is 19.5. The molecule has 15 nitrogen and oxygen atoms in total. The maximum Gasteiger partial charge on any atom is 0.326 e. The van der Waals surface area contributed by atoms with Gasteiger partial charge in [-0.3, -0.25) is 24.2 Å². The first-order valence-corrected chi connectivity index (χ1v) is 13.1. The monoisotopic (exact) mass is 557 g/mol. The van der Waals surface area contributed by atoms with Gasteiger partial charge in [-0.2, -0.15) is 0 Å². The van der Waals surface area contributed by atoms with Crippen molar-refractivity contribution >= 4 is 35.6 Å². The lowest BCUT2D eigenvalue weighted by molar-refractivity contribution is -0.142. The van der Waals surface area contributed by atoms with Gasteiger partial charge in [0.1, 0.15) is 24.2 Å². The van der Waals surface area contributed by atoms with Gasteiger partial charge >= 0.3 is 5.97 Å². The zero-order valence-electron chi connectivity index (χ0n) is 23.4. The molecular weight excluding hydrogens is 510 g/mol. The molecule has 0 aliphatic carbocycles. The number of aliphatic imine (C=N–C) groups is 1. The summed E-state index contributed by atoms with van der Waals surface area (Å²) in [5.74, 6) is -3.68. The molecule has 0 aromatic carbocycles. The number of carboxylic acid groups (broad SMARTS) is 1. The molecule has 0 aliphatic heterocycles. The van der Waals surface area contributed by atoms with Gasteiger partial charge in [0.05, 0.1) is 6.04 Å². The molecule has 4 amide bonds. The van der Waals surface area contributed by atoms with Crippen molar-refractivity contribution in [1.82, 2.24) is 21.3 Å². The van der Waals surface area contributed by atoms with E-state index in [4.69, 9.17) is 22.9 Å². The largest absolute Gasteiger partial charge is 0.480 e. The minimum atomic E-state index is -1.17. The number of nitrogens with one attached hydrogen (secondary N) is 4. The summed E-state index contributed by atoms with van der Waals surface area (Å²) in [6.45, 7) is 7.23. The Morgan fingerprint density at radius 3 is 1.79 bits per heavy atom. The molecule has 0 aromatic rings. The average Bonchev–Trinajstić information content (AvgIpc) is 2.84. The van der Waals surface area contributed by atoms with Gasteiger partial charge in [0, 0.05) is 6.54 Å². The van der Waals surface area contributed by atoms with Crippen LogP contribution in [0.2, 0.25) is 0 Å². The van der Waals surface area contributed by atoms with Crippen molar-refractivity contribution in [1.29, 1.82) is 0 Å². The summed E-state index contributed by atoms with van der Waals surface area (Å²) in [7, 11) is 0. The second kappa shape index (κ2) is 18.7. The third-order valence-electron chi connectivity index (χ3n) is 5.71. The van der Waals surface area contributed by atoms with Crippen LogP contribution in [0.15, 0.2) is 4.99 Å². The quantitative estimate of drug-likeness (QED) is 0.0461. The van der Waals surface area contributed by atoms with E-state index in [9.17, 15) is 29.1 Å². The lowest BCUT2D eigenvalue weighted by Crippen LogP contribution is -2.57. The molecular formula is C24H47N9O6.